The summed E-state index contributed by atoms with van der Waals surface area (Å²) in [5.41, 5.74) is 1.83. The van der Waals surface area contributed by atoms with Crippen LogP contribution in [0.2, 0.25) is 0 Å². The zero-order valence-electron chi connectivity index (χ0n) is 15.8. The lowest BCUT2D eigenvalue weighted by Gasteiger charge is -2.30. The van der Waals surface area contributed by atoms with Crippen molar-refractivity contribution in [3.63, 3.8) is 0 Å². The van der Waals surface area contributed by atoms with E-state index < -0.39 is 21.7 Å². The van der Waals surface area contributed by atoms with Crippen molar-refractivity contribution >= 4 is 27.3 Å². The van der Waals surface area contributed by atoms with E-state index in [1.807, 2.05) is 0 Å². The third-order valence-corrected chi connectivity index (χ3v) is 6.27. The van der Waals surface area contributed by atoms with Crippen LogP contribution < -0.4 is 9.62 Å². The smallest absolute Gasteiger partial charge is 0.261 e. The van der Waals surface area contributed by atoms with Gasteiger partial charge >= 0.3 is 0 Å². The summed E-state index contributed by atoms with van der Waals surface area (Å²) < 4.78 is 54.3. The zero-order chi connectivity index (χ0) is 21.3. The molecule has 4 rings (SSSR count). The van der Waals surface area contributed by atoms with Crippen LogP contribution in [0.3, 0.4) is 0 Å². The fraction of sp³-hybridized carbons (Fsp3) is 0.136. The van der Waals surface area contributed by atoms with Crippen molar-refractivity contribution in [2.45, 2.75) is 17.7 Å². The van der Waals surface area contributed by atoms with Crippen molar-refractivity contribution in [2.75, 3.05) is 16.2 Å². The van der Waals surface area contributed by atoms with Gasteiger partial charge < -0.3 is 4.90 Å². The van der Waals surface area contributed by atoms with E-state index in [0.717, 1.165) is 11.6 Å². The molecule has 1 amide bonds. The number of carbonyl (C=O) groups is 1. The molecule has 0 saturated carbocycles. The Morgan fingerprint density at radius 1 is 0.933 bits per heavy atom. The number of hydrogen-bond acceptors (Lipinski definition) is 3. The Morgan fingerprint density at radius 3 is 2.43 bits per heavy atom. The van der Waals surface area contributed by atoms with E-state index in [0.29, 0.717) is 30.6 Å². The predicted molar refractivity (Wildman–Crippen MR) is 110 cm³/mol. The Balaban J connectivity index is 1.63. The highest BCUT2D eigenvalue weighted by molar-refractivity contribution is 7.92. The number of fused-ring (bicyclic) bond motifs is 1. The highest BCUT2D eigenvalue weighted by atomic mass is 32.2. The van der Waals surface area contributed by atoms with Gasteiger partial charge in [-0.25, -0.2) is 17.2 Å². The summed E-state index contributed by atoms with van der Waals surface area (Å²) in [5.74, 6) is -1.24. The minimum atomic E-state index is -3.92. The molecule has 30 heavy (non-hydrogen) atoms. The summed E-state index contributed by atoms with van der Waals surface area (Å²) in [7, 11) is -3.92. The van der Waals surface area contributed by atoms with Gasteiger partial charge in [0.05, 0.1) is 10.6 Å². The van der Waals surface area contributed by atoms with Gasteiger partial charge in [-0.3, -0.25) is 9.52 Å². The van der Waals surface area contributed by atoms with Crippen molar-refractivity contribution in [3.05, 3.63) is 89.5 Å². The Labute approximate surface area is 173 Å². The van der Waals surface area contributed by atoms with Crippen molar-refractivity contribution in [2.24, 2.45) is 0 Å². The number of nitrogens with one attached hydrogen (secondary N) is 1. The topological polar surface area (TPSA) is 66.5 Å². The van der Waals surface area contributed by atoms with E-state index in [1.165, 1.54) is 54.6 Å². The second kappa shape index (κ2) is 7.87. The summed E-state index contributed by atoms with van der Waals surface area (Å²) in [6.07, 6.45) is 1.28. The van der Waals surface area contributed by atoms with E-state index in [-0.39, 0.29) is 16.5 Å². The van der Waals surface area contributed by atoms with Gasteiger partial charge in [-0.05, 0) is 79.1 Å². The maximum atomic E-state index is 13.4. The van der Waals surface area contributed by atoms with Crippen molar-refractivity contribution in [1.29, 1.82) is 0 Å². The van der Waals surface area contributed by atoms with E-state index in [2.05, 4.69) is 4.72 Å². The Morgan fingerprint density at radius 2 is 1.70 bits per heavy atom. The van der Waals surface area contributed by atoms with E-state index in [4.69, 9.17) is 0 Å². The molecule has 1 aliphatic rings. The minimum Gasteiger partial charge on any atom is -0.308 e. The second-order valence-electron chi connectivity index (χ2n) is 6.97. The number of carbonyl (C=O) groups excluding carboxylic acids is 1. The van der Waals surface area contributed by atoms with Crippen LogP contribution in [0, 0.1) is 11.6 Å². The number of hydrogen-bond donors (Lipinski definition) is 1. The molecule has 0 aromatic heterocycles. The summed E-state index contributed by atoms with van der Waals surface area (Å²) in [6, 6.07) is 15.0. The lowest BCUT2D eigenvalue weighted by molar-refractivity contribution is 0.0985. The molecular formula is C22H18F2N2O3S. The summed E-state index contributed by atoms with van der Waals surface area (Å²) in [6.45, 7) is 0.483. The van der Waals surface area contributed by atoms with Gasteiger partial charge in [0.15, 0.2) is 0 Å². The first-order valence-corrected chi connectivity index (χ1v) is 10.8. The summed E-state index contributed by atoms with van der Waals surface area (Å²) >= 11 is 0. The van der Waals surface area contributed by atoms with Crippen molar-refractivity contribution in [1.82, 2.24) is 0 Å². The molecule has 5 nitrogen and oxygen atoms in total. The van der Waals surface area contributed by atoms with Gasteiger partial charge in [-0.2, -0.15) is 0 Å². The molecule has 1 N–H and O–H groups in total. The lowest BCUT2D eigenvalue weighted by atomic mass is 10.0. The number of benzene rings is 3. The molecular weight excluding hydrogens is 410 g/mol. The van der Waals surface area contributed by atoms with E-state index in [1.54, 1.807) is 11.0 Å². The number of rotatable bonds is 4. The standard InChI is InChI=1S/C22H18F2N2O3S/c23-17-8-6-15(7-9-17)22(27)26-12-2-3-16-13-20(10-11-21(16)26)30(28,29)25-19-5-1-4-18(24)14-19/h1,4-11,13-14,25H,2-3,12H2. The van der Waals surface area contributed by atoms with E-state index >= 15 is 0 Å². The lowest BCUT2D eigenvalue weighted by Crippen LogP contribution is -2.35. The zero-order valence-corrected chi connectivity index (χ0v) is 16.6. The van der Waals surface area contributed by atoms with Crippen molar-refractivity contribution < 1.29 is 22.0 Å². The molecule has 154 valence electrons. The normalized spacial score (nSPS) is 13.6. The van der Waals surface area contributed by atoms with Crippen LogP contribution in [-0.2, 0) is 16.4 Å². The van der Waals surface area contributed by atoms with Crippen LogP contribution in [0.1, 0.15) is 22.3 Å². The van der Waals surface area contributed by atoms with Gasteiger partial charge in [-0.15, -0.1) is 0 Å². The molecule has 0 radical (unpaired) electrons. The van der Waals surface area contributed by atoms with Crippen LogP contribution in [0.4, 0.5) is 20.2 Å². The number of sulfonamides is 1. The summed E-state index contributed by atoms with van der Waals surface area (Å²) in [5, 5.41) is 0. The molecule has 0 aliphatic carbocycles. The molecule has 3 aromatic rings. The van der Waals surface area contributed by atoms with Crippen LogP contribution in [0.15, 0.2) is 71.6 Å². The molecule has 0 bridgehead atoms. The fourth-order valence-corrected chi connectivity index (χ4v) is 4.57. The highest BCUT2D eigenvalue weighted by Crippen LogP contribution is 2.31. The monoisotopic (exact) mass is 428 g/mol. The predicted octanol–water partition coefficient (Wildman–Crippen LogP) is 4.36. The fourth-order valence-electron chi connectivity index (χ4n) is 3.47. The van der Waals surface area contributed by atoms with Gasteiger partial charge in [-0.1, -0.05) is 6.07 Å². The van der Waals surface area contributed by atoms with Gasteiger partial charge in [0.1, 0.15) is 11.6 Å². The maximum absolute atomic E-state index is 13.4. The number of halogens is 2. The number of amides is 1. The molecule has 0 fully saturated rings. The second-order valence-corrected chi connectivity index (χ2v) is 8.66. The van der Waals surface area contributed by atoms with Crippen LogP contribution in [0.5, 0.6) is 0 Å². The van der Waals surface area contributed by atoms with Gasteiger partial charge in [0.25, 0.3) is 15.9 Å². The van der Waals surface area contributed by atoms with Crippen LogP contribution >= 0.6 is 0 Å². The summed E-state index contributed by atoms with van der Waals surface area (Å²) in [4.78, 5) is 14.5. The largest absolute Gasteiger partial charge is 0.308 e. The molecule has 8 heteroatoms. The molecule has 0 atom stereocenters. The molecule has 0 saturated heterocycles. The first-order chi connectivity index (χ1) is 14.3. The van der Waals surface area contributed by atoms with Gasteiger partial charge in [0.2, 0.25) is 0 Å². The number of anilines is 2. The Kier molecular flexibility index (Phi) is 5.26. The van der Waals surface area contributed by atoms with Crippen molar-refractivity contribution in [3.8, 4) is 0 Å². The molecule has 3 aromatic carbocycles. The quantitative estimate of drug-likeness (QED) is 0.672. The van der Waals surface area contributed by atoms with E-state index in [9.17, 15) is 22.0 Å². The third kappa shape index (κ3) is 4.04. The first kappa shape index (κ1) is 20.0. The number of aryl methyl sites for hydroxylation is 1. The average molecular weight is 428 g/mol. The SMILES string of the molecule is O=C(c1ccc(F)cc1)N1CCCc2cc(S(=O)(=O)Nc3cccc(F)c3)ccc21. The average Bonchev–Trinajstić information content (AvgIpc) is 2.72. The van der Waals surface area contributed by atoms with Gasteiger partial charge in [0, 0.05) is 17.8 Å². The highest BCUT2D eigenvalue weighted by Gasteiger charge is 2.25. The Hall–Kier alpha value is -3.26. The first-order valence-electron chi connectivity index (χ1n) is 9.32. The van der Waals surface area contributed by atoms with Crippen LogP contribution in [-0.4, -0.2) is 20.9 Å². The minimum absolute atomic E-state index is 0.0293. The molecule has 1 heterocycles. The molecule has 1 aliphatic heterocycles. The Bertz CT molecular complexity index is 1210. The number of nitrogens with zero attached hydrogens (tertiary/aromatic N) is 1. The molecule has 0 spiro atoms. The maximum Gasteiger partial charge on any atom is 0.261 e. The van der Waals surface area contributed by atoms with Crippen LogP contribution in [0.25, 0.3) is 0 Å². The third-order valence-electron chi connectivity index (χ3n) is 4.89. The molecule has 0 unspecified atom stereocenters.